The van der Waals surface area contributed by atoms with Crippen molar-refractivity contribution in [3.63, 3.8) is 0 Å². The van der Waals surface area contributed by atoms with Gasteiger partial charge in [-0.1, -0.05) is 44.4 Å². The molecule has 1 saturated heterocycles. The van der Waals surface area contributed by atoms with Gasteiger partial charge in [0.05, 0.1) is 12.2 Å². The van der Waals surface area contributed by atoms with Gasteiger partial charge in [0.15, 0.2) is 11.5 Å². The fourth-order valence-electron chi connectivity index (χ4n) is 6.42. The molecule has 1 amide bonds. The quantitative estimate of drug-likeness (QED) is 0.156. The molecule has 1 heterocycles. The SMILES string of the molecule is CCCCCC(O)CC(CCc1cc(CN2CC(Cc3ccc(O)cc3)CC2=O)c(O)c(OC2CCCC2)c1)OC(C)=O. The smallest absolute Gasteiger partial charge is 0.302 e. The largest absolute Gasteiger partial charge is 0.508 e. The maximum Gasteiger partial charge on any atom is 0.302 e. The van der Waals surface area contributed by atoms with Gasteiger partial charge >= 0.3 is 5.97 Å². The first kappa shape index (κ1) is 32.6. The number of aromatic hydroxyl groups is 2. The number of unbranched alkanes of at least 4 members (excludes halogenated alkanes) is 2. The molecule has 2 fully saturated rings. The number of phenols is 2. The number of rotatable bonds is 16. The van der Waals surface area contributed by atoms with Gasteiger partial charge in [-0.15, -0.1) is 0 Å². The highest BCUT2D eigenvalue weighted by Gasteiger charge is 2.31. The van der Waals surface area contributed by atoms with Crippen molar-refractivity contribution in [2.75, 3.05) is 6.54 Å². The summed E-state index contributed by atoms with van der Waals surface area (Å²) in [5.74, 6) is 0.588. The molecule has 2 aliphatic rings. The van der Waals surface area contributed by atoms with Crippen molar-refractivity contribution in [2.45, 2.75) is 122 Å². The van der Waals surface area contributed by atoms with Gasteiger partial charge < -0.3 is 29.7 Å². The predicted octanol–water partition coefficient (Wildman–Crippen LogP) is 6.21. The molecular formula is C35H49NO7. The summed E-state index contributed by atoms with van der Waals surface area (Å²) in [6.45, 7) is 4.40. The van der Waals surface area contributed by atoms with E-state index in [1.54, 1.807) is 17.0 Å². The highest BCUT2D eigenvalue weighted by atomic mass is 16.5. The van der Waals surface area contributed by atoms with Crippen LogP contribution in [0.3, 0.4) is 0 Å². The molecule has 2 aromatic rings. The molecule has 0 spiro atoms. The molecule has 8 nitrogen and oxygen atoms in total. The van der Waals surface area contributed by atoms with E-state index in [4.69, 9.17) is 9.47 Å². The molecule has 0 radical (unpaired) electrons. The van der Waals surface area contributed by atoms with Gasteiger partial charge in [0.1, 0.15) is 11.9 Å². The number of phenolic OH excluding ortho intramolecular Hbond substituents is 2. The Hall–Kier alpha value is -3.26. The molecule has 1 saturated carbocycles. The predicted molar refractivity (Wildman–Crippen MR) is 165 cm³/mol. The highest BCUT2D eigenvalue weighted by molar-refractivity contribution is 5.78. The summed E-state index contributed by atoms with van der Waals surface area (Å²) in [6, 6.07) is 10.9. The molecule has 8 heteroatoms. The van der Waals surface area contributed by atoms with E-state index in [0.29, 0.717) is 50.0 Å². The van der Waals surface area contributed by atoms with E-state index in [1.165, 1.54) is 6.92 Å². The van der Waals surface area contributed by atoms with Crippen LogP contribution >= 0.6 is 0 Å². The molecular weight excluding hydrogens is 546 g/mol. The molecule has 1 aliphatic carbocycles. The first-order valence-electron chi connectivity index (χ1n) is 16.1. The lowest BCUT2D eigenvalue weighted by atomic mass is 9.98. The maximum absolute atomic E-state index is 13.0. The van der Waals surface area contributed by atoms with Gasteiger partial charge in [-0.3, -0.25) is 9.59 Å². The van der Waals surface area contributed by atoms with Gasteiger partial charge in [-0.05, 0) is 86.6 Å². The minimum absolute atomic E-state index is 0.0545. The molecule has 3 unspecified atom stereocenters. The summed E-state index contributed by atoms with van der Waals surface area (Å²) < 4.78 is 11.9. The number of ether oxygens (including phenoxy) is 2. The van der Waals surface area contributed by atoms with E-state index in [2.05, 4.69) is 6.92 Å². The van der Waals surface area contributed by atoms with E-state index in [0.717, 1.165) is 62.5 Å². The molecule has 0 aromatic heterocycles. The van der Waals surface area contributed by atoms with Crippen molar-refractivity contribution < 1.29 is 34.4 Å². The van der Waals surface area contributed by atoms with Crippen molar-refractivity contribution in [2.24, 2.45) is 5.92 Å². The lowest BCUT2D eigenvalue weighted by molar-refractivity contribution is -0.148. The zero-order valence-electron chi connectivity index (χ0n) is 25.8. The van der Waals surface area contributed by atoms with E-state index in [-0.39, 0.29) is 41.9 Å². The molecule has 3 N–H and O–H groups in total. The number of hydrogen-bond acceptors (Lipinski definition) is 7. The zero-order chi connectivity index (χ0) is 30.8. The lowest BCUT2D eigenvalue weighted by Crippen LogP contribution is -2.25. The van der Waals surface area contributed by atoms with Gasteiger partial charge in [0.25, 0.3) is 0 Å². The molecule has 43 heavy (non-hydrogen) atoms. The molecule has 1 aliphatic heterocycles. The number of hydrogen-bond donors (Lipinski definition) is 3. The summed E-state index contributed by atoms with van der Waals surface area (Å²) >= 11 is 0. The minimum Gasteiger partial charge on any atom is -0.508 e. The average molecular weight is 596 g/mol. The second kappa shape index (κ2) is 16.0. The molecule has 2 aromatic carbocycles. The Balaban J connectivity index is 1.46. The number of aliphatic hydroxyl groups excluding tert-OH is 1. The van der Waals surface area contributed by atoms with Crippen LogP contribution in [0.2, 0.25) is 0 Å². The zero-order valence-corrected chi connectivity index (χ0v) is 25.8. The maximum atomic E-state index is 13.0. The fourth-order valence-corrected chi connectivity index (χ4v) is 6.42. The van der Waals surface area contributed by atoms with Crippen LogP contribution < -0.4 is 4.74 Å². The number of esters is 1. The Morgan fingerprint density at radius 1 is 1.05 bits per heavy atom. The highest BCUT2D eigenvalue weighted by Crippen LogP contribution is 2.37. The van der Waals surface area contributed by atoms with Gasteiger partial charge in [-0.25, -0.2) is 0 Å². The number of carbonyl (C=O) groups excluding carboxylic acids is 2. The third kappa shape index (κ3) is 10.2. The first-order chi connectivity index (χ1) is 20.7. The Bertz CT molecular complexity index is 1190. The van der Waals surface area contributed by atoms with Gasteiger partial charge in [0.2, 0.25) is 5.91 Å². The third-order valence-corrected chi connectivity index (χ3v) is 8.69. The van der Waals surface area contributed by atoms with E-state index in [1.807, 2.05) is 24.3 Å². The van der Waals surface area contributed by atoms with Crippen LogP contribution in [0.5, 0.6) is 17.2 Å². The van der Waals surface area contributed by atoms with Crippen molar-refractivity contribution in [3.05, 3.63) is 53.1 Å². The molecule has 4 rings (SSSR count). The summed E-state index contributed by atoms with van der Waals surface area (Å²) in [6.07, 6.45) is 9.70. The standard InChI is InChI=1S/C35H49NO7/c1-3-4-5-8-30(39)21-32(42-24(2)37)16-13-26-18-28(35(41)33(19-26)43-31-9-6-7-10-31)23-36-22-27(20-34(36)40)17-25-11-14-29(38)15-12-25/h11-12,14-15,18-19,27,30-32,38-39,41H,3-10,13,16-17,20-23H2,1-2H3. The summed E-state index contributed by atoms with van der Waals surface area (Å²) in [4.78, 5) is 26.6. The summed E-state index contributed by atoms with van der Waals surface area (Å²) in [7, 11) is 0. The van der Waals surface area contributed by atoms with Crippen molar-refractivity contribution in [1.29, 1.82) is 0 Å². The number of aryl methyl sites for hydroxylation is 1. The van der Waals surface area contributed by atoms with Crippen LogP contribution in [0, 0.1) is 5.92 Å². The number of amides is 1. The Morgan fingerprint density at radius 2 is 1.79 bits per heavy atom. The van der Waals surface area contributed by atoms with Crippen LogP contribution in [-0.4, -0.2) is 57.0 Å². The van der Waals surface area contributed by atoms with E-state index >= 15 is 0 Å². The van der Waals surface area contributed by atoms with Crippen molar-refractivity contribution in [3.8, 4) is 17.2 Å². The third-order valence-electron chi connectivity index (χ3n) is 8.69. The van der Waals surface area contributed by atoms with Crippen molar-refractivity contribution >= 4 is 11.9 Å². The Labute approximate surface area is 256 Å². The molecule has 236 valence electrons. The average Bonchev–Trinajstić information content (AvgIpc) is 3.60. The second-order valence-electron chi connectivity index (χ2n) is 12.5. The van der Waals surface area contributed by atoms with Crippen LogP contribution in [0.15, 0.2) is 36.4 Å². The summed E-state index contributed by atoms with van der Waals surface area (Å²) in [5, 5.41) is 31.4. The van der Waals surface area contributed by atoms with E-state index in [9.17, 15) is 24.9 Å². The topological polar surface area (TPSA) is 117 Å². The number of benzene rings is 2. The monoisotopic (exact) mass is 595 g/mol. The van der Waals surface area contributed by atoms with Gasteiger partial charge in [-0.2, -0.15) is 0 Å². The normalized spacial score (nSPS) is 18.6. The van der Waals surface area contributed by atoms with Crippen LogP contribution in [0.1, 0.15) is 101 Å². The molecule has 0 bridgehead atoms. The minimum atomic E-state index is -0.525. The van der Waals surface area contributed by atoms with E-state index < -0.39 is 12.2 Å². The number of likely N-dealkylation sites (tertiary alicyclic amines) is 1. The number of carbonyl (C=O) groups is 2. The van der Waals surface area contributed by atoms with Crippen molar-refractivity contribution in [1.82, 2.24) is 4.90 Å². The first-order valence-corrected chi connectivity index (χ1v) is 16.1. The fraction of sp³-hybridized carbons (Fsp3) is 0.600. The lowest BCUT2D eigenvalue weighted by Gasteiger charge is -2.23. The van der Waals surface area contributed by atoms with Crippen LogP contribution in [0.25, 0.3) is 0 Å². The summed E-state index contributed by atoms with van der Waals surface area (Å²) in [5.41, 5.74) is 2.66. The Morgan fingerprint density at radius 3 is 2.49 bits per heavy atom. The molecule has 3 atom stereocenters. The second-order valence-corrected chi connectivity index (χ2v) is 12.5. The number of nitrogens with zero attached hydrogens (tertiary/aromatic N) is 1. The Kier molecular flexibility index (Phi) is 12.1. The van der Waals surface area contributed by atoms with Crippen LogP contribution in [0.4, 0.5) is 0 Å². The van der Waals surface area contributed by atoms with Crippen LogP contribution in [-0.2, 0) is 33.7 Å². The number of aliphatic hydroxyl groups is 1. The van der Waals surface area contributed by atoms with Gasteiger partial charge in [0, 0.05) is 38.4 Å².